The molecule has 31 heavy (non-hydrogen) atoms. The molecule has 0 aliphatic heterocycles. The minimum absolute atomic E-state index is 0.105. The summed E-state index contributed by atoms with van der Waals surface area (Å²) in [6, 6.07) is 27.8. The maximum atomic E-state index is 5.89. The summed E-state index contributed by atoms with van der Waals surface area (Å²) in [6.45, 7) is 0.519. The number of aromatic nitrogens is 2. The number of thiocarbonyl (C=S) groups is 1. The second-order valence-electron chi connectivity index (χ2n) is 6.75. The molecular formula is C24H21N5OS. The van der Waals surface area contributed by atoms with Gasteiger partial charge in [0.2, 0.25) is 0 Å². The summed E-state index contributed by atoms with van der Waals surface area (Å²) in [5.41, 5.74) is 12.7. The Morgan fingerprint density at radius 2 is 1.68 bits per heavy atom. The predicted octanol–water partition coefficient (Wildman–Crippen LogP) is 4.29. The summed E-state index contributed by atoms with van der Waals surface area (Å²) in [7, 11) is 0. The van der Waals surface area contributed by atoms with Crippen LogP contribution >= 0.6 is 12.2 Å². The molecule has 7 heteroatoms. The zero-order chi connectivity index (χ0) is 21.5. The largest absolute Gasteiger partial charge is 0.489 e. The maximum Gasteiger partial charge on any atom is 0.184 e. The van der Waals surface area contributed by atoms with Crippen molar-refractivity contribution >= 4 is 23.5 Å². The Morgan fingerprint density at radius 1 is 1.00 bits per heavy atom. The zero-order valence-corrected chi connectivity index (χ0v) is 17.5. The second kappa shape index (κ2) is 9.69. The third-order valence-corrected chi connectivity index (χ3v) is 4.61. The number of hydrogen-bond donors (Lipinski definition) is 2. The van der Waals surface area contributed by atoms with E-state index in [1.807, 2.05) is 95.8 Å². The molecule has 3 N–H and O–H groups in total. The number of nitrogens with two attached hydrogens (primary N) is 1. The Balaban J connectivity index is 1.58. The quantitative estimate of drug-likeness (QED) is 0.261. The predicted molar refractivity (Wildman–Crippen MR) is 127 cm³/mol. The number of hydrazone groups is 1. The third kappa shape index (κ3) is 5.34. The lowest BCUT2D eigenvalue weighted by Gasteiger charge is -2.07. The van der Waals surface area contributed by atoms with Crippen LogP contribution in [-0.4, -0.2) is 21.1 Å². The fraction of sp³-hybridized carbons (Fsp3) is 0.0417. The van der Waals surface area contributed by atoms with E-state index >= 15 is 0 Å². The van der Waals surface area contributed by atoms with Crippen molar-refractivity contribution in [2.24, 2.45) is 10.8 Å². The number of nitrogens with one attached hydrogen (secondary N) is 1. The SMILES string of the molecule is NC(=S)N/N=C\c1cn(-c2ccccc2)nc1-c1ccc(OCc2ccccc2)cc1. The van der Waals surface area contributed by atoms with Gasteiger partial charge in [-0.1, -0.05) is 48.5 Å². The van der Waals surface area contributed by atoms with E-state index in [1.54, 1.807) is 6.21 Å². The molecule has 1 heterocycles. The highest BCUT2D eigenvalue weighted by atomic mass is 32.1. The van der Waals surface area contributed by atoms with Crippen LogP contribution in [0.4, 0.5) is 0 Å². The Bertz CT molecular complexity index is 1170. The average Bonchev–Trinajstić information content (AvgIpc) is 3.23. The van der Waals surface area contributed by atoms with Gasteiger partial charge in [0.1, 0.15) is 18.1 Å². The molecule has 1 aromatic heterocycles. The highest BCUT2D eigenvalue weighted by Gasteiger charge is 2.11. The smallest absolute Gasteiger partial charge is 0.184 e. The lowest BCUT2D eigenvalue weighted by atomic mass is 10.1. The van der Waals surface area contributed by atoms with Gasteiger partial charge in [-0.2, -0.15) is 10.2 Å². The van der Waals surface area contributed by atoms with Crippen molar-refractivity contribution in [3.63, 3.8) is 0 Å². The van der Waals surface area contributed by atoms with E-state index in [-0.39, 0.29) is 5.11 Å². The minimum atomic E-state index is 0.105. The summed E-state index contributed by atoms with van der Waals surface area (Å²) in [5.74, 6) is 0.792. The molecule has 6 nitrogen and oxygen atoms in total. The van der Waals surface area contributed by atoms with Crippen LogP contribution < -0.4 is 15.9 Å². The van der Waals surface area contributed by atoms with Gasteiger partial charge in [0.05, 0.1) is 11.9 Å². The first-order valence-electron chi connectivity index (χ1n) is 9.70. The molecule has 0 unspecified atom stereocenters. The van der Waals surface area contributed by atoms with Crippen molar-refractivity contribution in [3.05, 3.63) is 102 Å². The van der Waals surface area contributed by atoms with Crippen LogP contribution in [0.25, 0.3) is 16.9 Å². The number of hydrogen-bond acceptors (Lipinski definition) is 4. The van der Waals surface area contributed by atoms with Crippen molar-refractivity contribution in [1.29, 1.82) is 0 Å². The van der Waals surface area contributed by atoms with E-state index in [4.69, 9.17) is 27.8 Å². The van der Waals surface area contributed by atoms with Crippen LogP contribution in [0.15, 0.2) is 96.2 Å². The molecule has 4 rings (SSSR count). The van der Waals surface area contributed by atoms with Crippen LogP contribution in [0.3, 0.4) is 0 Å². The fourth-order valence-electron chi connectivity index (χ4n) is 3.03. The Hall–Kier alpha value is -3.97. The highest BCUT2D eigenvalue weighted by Crippen LogP contribution is 2.25. The summed E-state index contributed by atoms with van der Waals surface area (Å²) in [6.07, 6.45) is 3.57. The standard InChI is InChI=1S/C24H21N5OS/c25-24(31)27-26-15-20-16-29(21-9-5-2-6-10-21)28-23(20)19-11-13-22(14-12-19)30-17-18-7-3-1-4-8-18/h1-16H,17H2,(H3,25,27,31)/b26-15-. The highest BCUT2D eigenvalue weighted by molar-refractivity contribution is 7.80. The molecule has 0 spiro atoms. The van der Waals surface area contributed by atoms with Crippen LogP contribution in [0, 0.1) is 0 Å². The van der Waals surface area contributed by atoms with E-state index in [0.29, 0.717) is 6.61 Å². The third-order valence-electron chi connectivity index (χ3n) is 4.52. The van der Waals surface area contributed by atoms with Crippen molar-refractivity contribution in [2.75, 3.05) is 0 Å². The van der Waals surface area contributed by atoms with E-state index in [2.05, 4.69) is 10.5 Å². The number of para-hydroxylation sites is 1. The first kappa shape index (κ1) is 20.3. The molecule has 3 aromatic carbocycles. The van der Waals surface area contributed by atoms with Gasteiger partial charge < -0.3 is 10.5 Å². The number of benzene rings is 3. The topological polar surface area (TPSA) is 77.5 Å². The van der Waals surface area contributed by atoms with Gasteiger partial charge in [-0.15, -0.1) is 0 Å². The van der Waals surface area contributed by atoms with Gasteiger partial charge in [-0.3, -0.25) is 5.43 Å². The molecule has 0 fully saturated rings. The molecule has 0 saturated heterocycles. The van der Waals surface area contributed by atoms with Crippen LogP contribution in [0.5, 0.6) is 5.75 Å². The van der Waals surface area contributed by atoms with Crippen LogP contribution in [0.1, 0.15) is 11.1 Å². The average molecular weight is 428 g/mol. The van der Waals surface area contributed by atoms with Gasteiger partial charge >= 0.3 is 0 Å². The summed E-state index contributed by atoms with van der Waals surface area (Å²) >= 11 is 4.81. The van der Waals surface area contributed by atoms with Gasteiger partial charge in [-0.05, 0) is 54.2 Å². The number of rotatable bonds is 7. The van der Waals surface area contributed by atoms with Crippen molar-refractivity contribution in [3.8, 4) is 22.7 Å². The fourth-order valence-corrected chi connectivity index (χ4v) is 3.09. The molecule has 0 aliphatic rings. The molecule has 154 valence electrons. The molecule has 0 atom stereocenters. The van der Waals surface area contributed by atoms with Crippen LogP contribution in [0.2, 0.25) is 0 Å². The number of nitrogens with zero attached hydrogens (tertiary/aromatic N) is 3. The molecule has 0 bridgehead atoms. The van der Waals surface area contributed by atoms with Gasteiger partial charge in [0.25, 0.3) is 0 Å². The van der Waals surface area contributed by atoms with Gasteiger partial charge in [-0.25, -0.2) is 4.68 Å². The maximum absolute atomic E-state index is 5.89. The zero-order valence-electron chi connectivity index (χ0n) is 16.7. The Kier molecular flexibility index (Phi) is 6.35. The van der Waals surface area contributed by atoms with E-state index < -0.39 is 0 Å². The lowest BCUT2D eigenvalue weighted by molar-refractivity contribution is 0.306. The van der Waals surface area contributed by atoms with E-state index in [0.717, 1.165) is 33.8 Å². The Labute approximate surface area is 186 Å². The molecular weight excluding hydrogens is 406 g/mol. The Morgan fingerprint density at radius 3 is 2.35 bits per heavy atom. The summed E-state index contributed by atoms with van der Waals surface area (Å²) < 4.78 is 7.71. The molecule has 4 aromatic rings. The van der Waals surface area contributed by atoms with Gasteiger partial charge in [0, 0.05) is 17.3 Å². The number of ether oxygens (including phenoxy) is 1. The second-order valence-corrected chi connectivity index (χ2v) is 7.19. The molecule has 0 saturated carbocycles. The van der Waals surface area contributed by atoms with E-state index in [9.17, 15) is 0 Å². The van der Waals surface area contributed by atoms with Crippen molar-refractivity contribution < 1.29 is 4.74 Å². The minimum Gasteiger partial charge on any atom is -0.489 e. The molecule has 0 radical (unpaired) electrons. The summed E-state index contributed by atoms with van der Waals surface area (Å²) in [4.78, 5) is 0. The monoisotopic (exact) mass is 427 g/mol. The lowest BCUT2D eigenvalue weighted by Crippen LogP contribution is -2.24. The first-order chi connectivity index (χ1) is 15.2. The van der Waals surface area contributed by atoms with Crippen molar-refractivity contribution in [1.82, 2.24) is 15.2 Å². The normalized spacial score (nSPS) is 10.8. The molecule has 0 amide bonds. The van der Waals surface area contributed by atoms with Crippen molar-refractivity contribution in [2.45, 2.75) is 6.61 Å². The first-order valence-corrected chi connectivity index (χ1v) is 10.1. The van der Waals surface area contributed by atoms with E-state index in [1.165, 1.54) is 0 Å². The molecule has 0 aliphatic carbocycles. The summed E-state index contributed by atoms with van der Waals surface area (Å²) in [5, 5.41) is 8.96. The van der Waals surface area contributed by atoms with Gasteiger partial charge in [0.15, 0.2) is 5.11 Å². The van der Waals surface area contributed by atoms with Crippen LogP contribution in [-0.2, 0) is 6.61 Å².